The Labute approximate surface area is 160 Å². The molecule has 2 aromatic carbocycles. The first-order chi connectivity index (χ1) is 16.8. The molecule has 2 heterocycles. The molecule has 0 saturated carbocycles. The minimum atomic E-state index is -2.83. The van der Waals surface area contributed by atoms with Crippen molar-refractivity contribution in [2.45, 2.75) is 0 Å². The lowest BCUT2D eigenvalue weighted by molar-refractivity contribution is 0.206. The molecule has 23 heavy (non-hydrogen) atoms. The van der Waals surface area contributed by atoms with E-state index in [4.69, 9.17) is 30.8 Å². The number of hydrogen-bond donors (Lipinski definition) is 1. The molecule has 5 heteroatoms. The largest absolute Gasteiger partial charge is 0.355 e. The molecule has 2 aliphatic rings. The van der Waals surface area contributed by atoms with Crippen molar-refractivity contribution < 1.29 is 19.2 Å². The maximum absolute atomic E-state index is 8.61. The monoisotopic (exact) mass is 340 g/mol. The Hall–Kier alpha value is -2.04. The second kappa shape index (κ2) is 5.87. The van der Waals surface area contributed by atoms with Gasteiger partial charge in [0, 0.05) is 40.4 Å². The molecule has 1 fully saturated rings. The van der Waals surface area contributed by atoms with E-state index in [1.807, 2.05) is 0 Å². The summed E-state index contributed by atoms with van der Waals surface area (Å²) in [7, 11) is 0. The summed E-state index contributed by atoms with van der Waals surface area (Å²) < 4.78 is 115. The Balaban J connectivity index is 2.17. The third-order valence-electron chi connectivity index (χ3n) is 3.20. The highest BCUT2D eigenvalue weighted by Crippen LogP contribution is 2.30. The SMILES string of the molecule is [2H]c1c([2H])c2c(c([2H])c1Cl)NC(N1C([2H])([2H])CN(C([2H])([2H])[2H])CC1([2H])[2H])=c1c([2H])c([2H])c([2H])c([2H])c1=N2. The van der Waals surface area contributed by atoms with Crippen LogP contribution in [0, 0.1) is 0 Å². The lowest BCUT2D eigenvalue weighted by Crippen LogP contribution is -2.47. The summed E-state index contributed by atoms with van der Waals surface area (Å²) in [5, 5.41) is 1.23. The van der Waals surface area contributed by atoms with Gasteiger partial charge in [-0.1, -0.05) is 23.7 Å². The Bertz CT molecular complexity index is 1440. The first kappa shape index (κ1) is 5.80. The number of likely N-dealkylation sites (N-methyl/N-ethyl adjacent to an activating group) is 1. The minimum Gasteiger partial charge on any atom is -0.355 e. The van der Waals surface area contributed by atoms with Crippen molar-refractivity contribution >= 4 is 28.8 Å². The summed E-state index contributed by atoms with van der Waals surface area (Å²) in [6.45, 7) is -9.96. The first-order valence-electron chi connectivity index (χ1n) is 13.6. The van der Waals surface area contributed by atoms with Gasteiger partial charge in [0.05, 0.1) is 31.8 Å². The molecule has 0 spiro atoms. The summed E-state index contributed by atoms with van der Waals surface area (Å²) >= 11 is 6.06. The van der Waals surface area contributed by atoms with E-state index in [-0.39, 0.29) is 11.4 Å². The molecule has 0 bridgehead atoms. The standard InChI is InChI=1S/C18H19ClN4/c1-22-8-10-23(11-9-22)18-14-4-2-3-5-15(14)20-16-7-6-13(19)12-17(16)21-18/h2-7,12,21H,8-11H2,1H3/i1D3,2D,3D,4D,5D,6D,7D,10D2,11D2,12D. The van der Waals surface area contributed by atoms with Crippen LogP contribution in [-0.4, -0.2) is 42.9 Å². The second-order valence-corrected chi connectivity index (χ2v) is 5.11. The zero-order chi connectivity index (χ0) is 28.0. The topological polar surface area (TPSA) is 30.9 Å². The fourth-order valence-electron chi connectivity index (χ4n) is 2.15. The van der Waals surface area contributed by atoms with Gasteiger partial charge in [-0.2, -0.15) is 0 Å². The number of halogens is 1. The van der Waals surface area contributed by atoms with Gasteiger partial charge in [0.1, 0.15) is 5.82 Å². The van der Waals surface area contributed by atoms with E-state index in [0.717, 1.165) is 0 Å². The van der Waals surface area contributed by atoms with Gasteiger partial charge >= 0.3 is 0 Å². The number of piperazine rings is 1. The second-order valence-electron chi connectivity index (χ2n) is 4.73. The predicted molar refractivity (Wildman–Crippen MR) is 94.4 cm³/mol. The molecule has 0 atom stereocenters. The Morgan fingerprint density at radius 3 is 2.91 bits per heavy atom. The highest BCUT2D eigenvalue weighted by molar-refractivity contribution is 6.31. The lowest BCUT2D eigenvalue weighted by Gasteiger charge is -2.35. The van der Waals surface area contributed by atoms with Gasteiger partial charge in [0.2, 0.25) is 0 Å². The third-order valence-corrected chi connectivity index (χ3v) is 3.39. The molecule has 0 radical (unpaired) electrons. The zero-order valence-electron chi connectivity index (χ0n) is 25.6. The van der Waals surface area contributed by atoms with Gasteiger partial charge in [-0.25, -0.2) is 4.99 Å². The average Bonchev–Trinajstić information content (AvgIpc) is 2.94. The van der Waals surface area contributed by atoms with Crippen molar-refractivity contribution in [2.24, 2.45) is 4.99 Å². The zero-order valence-corrected chi connectivity index (χ0v) is 12.4. The number of benzene rings is 2. The highest BCUT2D eigenvalue weighted by Gasteiger charge is 2.19. The molecular formula is C18H19ClN4. The van der Waals surface area contributed by atoms with Crippen LogP contribution >= 0.6 is 11.6 Å². The molecule has 2 aliphatic heterocycles. The van der Waals surface area contributed by atoms with E-state index in [0.29, 0.717) is 9.80 Å². The van der Waals surface area contributed by atoms with Gasteiger partial charge < -0.3 is 15.1 Å². The molecular weight excluding hydrogens is 308 g/mol. The minimum absolute atomic E-state index is 0.348. The fourth-order valence-corrected chi connectivity index (χ4v) is 2.30. The molecule has 1 N–H and O–H groups in total. The van der Waals surface area contributed by atoms with Gasteiger partial charge in [0.15, 0.2) is 0 Å². The average molecular weight is 341 g/mol. The van der Waals surface area contributed by atoms with Crippen LogP contribution in [0.15, 0.2) is 47.3 Å². The van der Waals surface area contributed by atoms with Crippen molar-refractivity contribution in [3.8, 4) is 0 Å². The maximum Gasteiger partial charge on any atom is 0.116 e. The fraction of sp³-hybridized carbons (Fsp3) is 0.278. The van der Waals surface area contributed by atoms with Crippen LogP contribution in [0.1, 0.15) is 19.2 Å². The van der Waals surface area contributed by atoms with Crippen LogP contribution in [0.5, 0.6) is 0 Å². The van der Waals surface area contributed by atoms with E-state index in [1.165, 1.54) is 0 Å². The molecule has 1 saturated heterocycles. The highest BCUT2D eigenvalue weighted by atomic mass is 35.5. The van der Waals surface area contributed by atoms with Crippen molar-refractivity contribution in [3.05, 3.63) is 57.9 Å². The quantitative estimate of drug-likeness (QED) is 0.861. The number of fused-ring (bicyclic) bond motifs is 2. The first-order valence-corrected chi connectivity index (χ1v) is 7.00. The van der Waals surface area contributed by atoms with Gasteiger partial charge in [0.25, 0.3) is 0 Å². The number of para-hydroxylation sites is 1. The van der Waals surface area contributed by atoms with Crippen molar-refractivity contribution in [1.82, 2.24) is 9.80 Å². The van der Waals surface area contributed by atoms with E-state index in [9.17, 15) is 0 Å². The molecule has 0 unspecified atom stereocenters. The predicted octanol–water partition coefficient (Wildman–Crippen LogP) is 2.03. The molecule has 0 amide bonds. The summed E-state index contributed by atoms with van der Waals surface area (Å²) in [4.78, 5) is 5.34. The normalized spacial score (nSPS) is 31.3. The van der Waals surface area contributed by atoms with Crippen LogP contribution in [0.3, 0.4) is 0 Å². The van der Waals surface area contributed by atoms with E-state index < -0.39 is 96.8 Å². The van der Waals surface area contributed by atoms with Crippen molar-refractivity contribution in [2.75, 3.05) is 38.4 Å². The Kier molecular flexibility index (Phi) is 1.48. The summed E-state index contributed by atoms with van der Waals surface area (Å²) in [6, 6.07) is -4.54. The molecule has 4 rings (SSSR count). The van der Waals surface area contributed by atoms with Crippen LogP contribution in [0.4, 0.5) is 11.4 Å². The third kappa shape index (κ3) is 2.80. The maximum atomic E-state index is 8.61. The summed E-state index contributed by atoms with van der Waals surface area (Å²) in [5.74, 6) is -0.564. The lowest BCUT2D eigenvalue weighted by atomic mass is 10.2. The van der Waals surface area contributed by atoms with E-state index in [1.54, 1.807) is 0 Å². The van der Waals surface area contributed by atoms with Crippen LogP contribution in [0.25, 0.3) is 5.82 Å². The molecule has 4 nitrogen and oxygen atoms in total. The van der Waals surface area contributed by atoms with E-state index >= 15 is 0 Å². The summed E-state index contributed by atoms with van der Waals surface area (Å²) in [5.41, 5.74) is -0.734. The molecule has 2 aromatic rings. The van der Waals surface area contributed by atoms with Gasteiger partial charge in [-0.15, -0.1) is 0 Å². The summed E-state index contributed by atoms with van der Waals surface area (Å²) in [6.07, 6.45) is 0. The smallest absolute Gasteiger partial charge is 0.116 e. The van der Waals surface area contributed by atoms with Crippen LogP contribution in [-0.2, 0) is 0 Å². The number of hydrogen-bond acceptors (Lipinski definition) is 4. The number of nitrogens with zero attached hydrogens (tertiary/aromatic N) is 3. The van der Waals surface area contributed by atoms with Gasteiger partial charge in [-0.05, 0) is 37.2 Å². The van der Waals surface area contributed by atoms with Crippen molar-refractivity contribution in [3.63, 3.8) is 0 Å². The number of rotatable bonds is 1. The molecule has 118 valence electrons. The molecule has 0 aliphatic carbocycles. The Morgan fingerprint density at radius 1 is 1.26 bits per heavy atom. The van der Waals surface area contributed by atoms with Crippen molar-refractivity contribution in [1.29, 1.82) is 0 Å². The van der Waals surface area contributed by atoms with Crippen LogP contribution in [0.2, 0.25) is 5.02 Å². The van der Waals surface area contributed by atoms with Gasteiger partial charge in [-0.3, -0.25) is 0 Å². The number of anilines is 1. The van der Waals surface area contributed by atoms with Crippen LogP contribution < -0.4 is 15.9 Å². The van der Waals surface area contributed by atoms with E-state index in [2.05, 4.69) is 10.3 Å². The number of nitrogens with one attached hydrogen (secondary N) is 1. The molecule has 0 aromatic heterocycles. The Morgan fingerprint density at radius 2 is 2.09 bits per heavy atom.